The highest BCUT2D eigenvalue weighted by Crippen LogP contribution is 2.22. The molecule has 6 atom stereocenters. The molecule has 0 aromatic carbocycles. The van der Waals surface area contributed by atoms with Gasteiger partial charge in [0.1, 0.15) is 30.5 Å². The number of esters is 1. The lowest BCUT2D eigenvalue weighted by Crippen LogP contribution is -2.59. The van der Waals surface area contributed by atoms with E-state index in [9.17, 15) is 25.2 Å². The zero-order chi connectivity index (χ0) is 34.4. The number of carbonyl (C=O) groups excluding carboxylic acids is 1. The third kappa shape index (κ3) is 22.8. The van der Waals surface area contributed by atoms with E-state index in [0.717, 1.165) is 51.4 Å². The number of rotatable bonds is 31. The second-order valence-electron chi connectivity index (χ2n) is 13.0. The van der Waals surface area contributed by atoms with Crippen LogP contribution in [0.1, 0.15) is 149 Å². The van der Waals surface area contributed by atoms with Gasteiger partial charge in [-0.1, -0.05) is 122 Å². The van der Waals surface area contributed by atoms with Crippen LogP contribution in [0.2, 0.25) is 0 Å². The molecule has 0 aliphatic carbocycles. The zero-order valence-electron chi connectivity index (χ0n) is 29.8. The maximum Gasteiger partial charge on any atom is 0.306 e. The van der Waals surface area contributed by atoms with Crippen molar-refractivity contribution in [1.29, 1.82) is 0 Å². The van der Waals surface area contributed by atoms with Gasteiger partial charge in [-0.15, -0.1) is 0 Å². The average Bonchev–Trinajstić information content (AvgIpc) is 3.07. The molecule has 1 saturated heterocycles. The first-order valence-electron chi connectivity index (χ1n) is 18.9. The number of carbonyl (C=O) groups is 1. The summed E-state index contributed by atoms with van der Waals surface area (Å²) in [5.74, 6) is -0.329. The Morgan fingerprint density at radius 2 is 1.23 bits per heavy atom. The summed E-state index contributed by atoms with van der Waals surface area (Å²) in [6.45, 7) is 4.43. The molecule has 0 amide bonds. The molecule has 1 aliphatic heterocycles. The number of hydrogen-bond acceptors (Lipinski definition) is 9. The first kappa shape index (κ1) is 43.7. The van der Waals surface area contributed by atoms with Gasteiger partial charge in [0.25, 0.3) is 0 Å². The van der Waals surface area contributed by atoms with E-state index in [1.165, 1.54) is 77.0 Å². The predicted molar refractivity (Wildman–Crippen MR) is 187 cm³/mol. The number of ether oxygens (including phenoxy) is 4. The highest BCUT2D eigenvalue weighted by Gasteiger charge is 2.44. The Hall–Kier alpha value is -1.33. The Morgan fingerprint density at radius 1 is 0.681 bits per heavy atom. The minimum Gasteiger partial charge on any atom is -0.457 e. The SMILES string of the molecule is CCCCCC/C=C\C/C=C\CCCCCCCCCCOCC(COC1OC(CO)C(O)C(O)C1O)OC(=O)CCCCCCC. The monoisotopic (exact) mass is 671 g/mol. The summed E-state index contributed by atoms with van der Waals surface area (Å²) in [5.41, 5.74) is 0. The standard InChI is InChI=1S/C38H70O9/c1-3-5-7-9-10-11-12-13-14-15-16-17-18-19-20-21-22-24-26-28-44-30-32(46-34(40)27-25-23-8-6-4-2)31-45-38-37(43)36(42)35(41)33(29-39)47-38/h11-12,14-15,32-33,35-39,41-43H,3-10,13,16-31H2,1-2H3/b12-11-,15-14-. The van der Waals surface area contributed by atoms with Crippen LogP contribution in [0.4, 0.5) is 0 Å². The van der Waals surface area contributed by atoms with Gasteiger partial charge in [-0.3, -0.25) is 4.79 Å². The second-order valence-corrected chi connectivity index (χ2v) is 13.0. The van der Waals surface area contributed by atoms with E-state index in [4.69, 9.17) is 18.9 Å². The normalized spacial score (nSPS) is 22.4. The molecule has 1 heterocycles. The van der Waals surface area contributed by atoms with Gasteiger partial charge < -0.3 is 39.4 Å². The summed E-state index contributed by atoms with van der Waals surface area (Å²) in [4.78, 5) is 12.5. The van der Waals surface area contributed by atoms with E-state index in [0.29, 0.717) is 13.0 Å². The lowest BCUT2D eigenvalue weighted by Gasteiger charge is -2.39. The molecule has 47 heavy (non-hydrogen) atoms. The molecule has 1 fully saturated rings. The maximum atomic E-state index is 12.5. The highest BCUT2D eigenvalue weighted by atomic mass is 16.7. The molecule has 0 radical (unpaired) electrons. The van der Waals surface area contributed by atoms with Gasteiger partial charge in [0.05, 0.1) is 19.8 Å². The van der Waals surface area contributed by atoms with E-state index in [1.54, 1.807) is 0 Å². The quantitative estimate of drug-likeness (QED) is 0.0347. The van der Waals surface area contributed by atoms with Crippen molar-refractivity contribution in [2.24, 2.45) is 0 Å². The Balaban J connectivity index is 2.21. The van der Waals surface area contributed by atoms with E-state index >= 15 is 0 Å². The summed E-state index contributed by atoms with van der Waals surface area (Å²) < 4.78 is 22.5. The van der Waals surface area contributed by atoms with Gasteiger partial charge in [0, 0.05) is 13.0 Å². The lowest BCUT2D eigenvalue weighted by molar-refractivity contribution is -0.305. The molecular weight excluding hydrogens is 600 g/mol. The van der Waals surface area contributed by atoms with Crippen molar-refractivity contribution in [3.05, 3.63) is 24.3 Å². The molecule has 0 aromatic heterocycles. The molecule has 276 valence electrons. The van der Waals surface area contributed by atoms with Crippen molar-refractivity contribution < 1.29 is 44.2 Å². The first-order chi connectivity index (χ1) is 22.9. The largest absolute Gasteiger partial charge is 0.457 e. The average molecular weight is 671 g/mol. The maximum absolute atomic E-state index is 12.5. The zero-order valence-corrected chi connectivity index (χ0v) is 29.8. The molecular formula is C38H70O9. The van der Waals surface area contributed by atoms with Crippen LogP contribution < -0.4 is 0 Å². The van der Waals surface area contributed by atoms with E-state index < -0.39 is 43.4 Å². The summed E-state index contributed by atoms with van der Waals surface area (Å²) in [7, 11) is 0. The van der Waals surface area contributed by atoms with Crippen LogP contribution in [0, 0.1) is 0 Å². The van der Waals surface area contributed by atoms with Crippen LogP contribution in [0.25, 0.3) is 0 Å². The van der Waals surface area contributed by atoms with Crippen LogP contribution in [0.3, 0.4) is 0 Å². The van der Waals surface area contributed by atoms with Crippen LogP contribution in [0.15, 0.2) is 24.3 Å². The summed E-state index contributed by atoms with van der Waals surface area (Å²) in [6.07, 6.45) is 25.3. The van der Waals surface area contributed by atoms with Gasteiger partial charge in [0.15, 0.2) is 6.29 Å². The topological polar surface area (TPSA) is 135 Å². The molecule has 0 aromatic rings. The molecule has 0 bridgehead atoms. The van der Waals surface area contributed by atoms with Crippen molar-refractivity contribution in [3.8, 4) is 0 Å². The second kappa shape index (κ2) is 30.7. The van der Waals surface area contributed by atoms with Gasteiger partial charge in [-0.25, -0.2) is 0 Å². The van der Waals surface area contributed by atoms with Gasteiger partial charge in [-0.2, -0.15) is 0 Å². The Bertz CT molecular complexity index is 772. The minimum absolute atomic E-state index is 0.115. The van der Waals surface area contributed by atoms with Crippen LogP contribution >= 0.6 is 0 Å². The van der Waals surface area contributed by atoms with E-state index in [2.05, 4.69) is 38.2 Å². The predicted octanol–water partition coefficient (Wildman–Crippen LogP) is 7.08. The molecule has 4 N–H and O–H groups in total. The number of aliphatic hydroxyl groups is 4. The molecule has 0 spiro atoms. The van der Waals surface area contributed by atoms with Crippen LogP contribution in [0.5, 0.6) is 0 Å². The Morgan fingerprint density at radius 3 is 1.85 bits per heavy atom. The van der Waals surface area contributed by atoms with Gasteiger partial charge in [-0.05, 0) is 44.9 Å². The third-order valence-corrected chi connectivity index (χ3v) is 8.62. The van der Waals surface area contributed by atoms with E-state index in [1.807, 2.05) is 0 Å². The molecule has 6 unspecified atom stereocenters. The minimum atomic E-state index is -1.53. The molecule has 9 heteroatoms. The third-order valence-electron chi connectivity index (χ3n) is 8.62. The van der Waals surface area contributed by atoms with Crippen molar-refractivity contribution in [2.45, 2.75) is 185 Å². The number of aliphatic hydroxyl groups excluding tert-OH is 4. The van der Waals surface area contributed by atoms with Crippen LogP contribution in [-0.2, 0) is 23.7 Å². The van der Waals surface area contributed by atoms with Gasteiger partial charge >= 0.3 is 5.97 Å². The van der Waals surface area contributed by atoms with Gasteiger partial charge in [0.2, 0.25) is 0 Å². The van der Waals surface area contributed by atoms with Crippen molar-refractivity contribution >= 4 is 5.97 Å². The molecule has 1 rings (SSSR count). The summed E-state index contributed by atoms with van der Waals surface area (Å²) >= 11 is 0. The van der Waals surface area contributed by atoms with Crippen LogP contribution in [-0.4, -0.2) is 89.6 Å². The first-order valence-corrected chi connectivity index (χ1v) is 18.9. The number of unbranched alkanes of at least 4 members (excludes halogenated alkanes) is 16. The summed E-state index contributed by atoms with van der Waals surface area (Å²) in [5, 5.41) is 39.7. The molecule has 1 aliphatic rings. The van der Waals surface area contributed by atoms with Crippen molar-refractivity contribution in [3.63, 3.8) is 0 Å². The number of allylic oxidation sites excluding steroid dienone is 4. The Labute approximate surface area is 286 Å². The fraction of sp³-hybridized carbons (Fsp3) is 0.868. The Kier molecular flexibility index (Phi) is 28.5. The van der Waals surface area contributed by atoms with Crippen molar-refractivity contribution in [2.75, 3.05) is 26.4 Å². The summed E-state index contributed by atoms with van der Waals surface area (Å²) in [6, 6.07) is 0. The van der Waals surface area contributed by atoms with Crippen molar-refractivity contribution in [1.82, 2.24) is 0 Å². The fourth-order valence-electron chi connectivity index (χ4n) is 5.58. The molecule has 0 saturated carbocycles. The highest BCUT2D eigenvalue weighted by molar-refractivity contribution is 5.69. The smallest absolute Gasteiger partial charge is 0.306 e. The number of hydrogen-bond donors (Lipinski definition) is 4. The lowest BCUT2D eigenvalue weighted by atomic mass is 9.99. The molecule has 9 nitrogen and oxygen atoms in total. The fourth-order valence-corrected chi connectivity index (χ4v) is 5.58. The van der Waals surface area contributed by atoms with E-state index in [-0.39, 0.29) is 19.2 Å².